The molecule has 0 amide bonds. The van der Waals surface area contributed by atoms with E-state index in [4.69, 9.17) is 0 Å². The van der Waals surface area contributed by atoms with Crippen molar-refractivity contribution in [3.8, 4) is 5.69 Å². The van der Waals surface area contributed by atoms with Crippen molar-refractivity contribution >= 4 is 5.78 Å². The zero-order valence-corrected chi connectivity index (χ0v) is 12.3. The molecule has 1 aromatic heterocycles. The molecule has 1 heterocycles. The van der Waals surface area contributed by atoms with Crippen molar-refractivity contribution in [2.24, 2.45) is 0 Å². The van der Waals surface area contributed by atoms with E-state index in [0.29, 0.717) is 0 Å². The lowest BCUT2D eigenvalue weighted by Gasteiger charge is -2.07. The Hall–Kier alpha value is -2.69. The summed E-state index contributed by atoms with van der Waals surface area (Å²) in [5.41, 5.74) is 1.46. The molecule has 0 N–H and O–H groups in total. The summed E-state index contributed by atoms with van der Waals surface area (Å²) in [6.45, 7) is 1.99. The van der Waals surface area contributed by atoms with Gasteiger partial charge in [-0.15, -0.1) is 0 Å². The smallest absolute Gasteiger partial charge is 0.211 e. The molecule has 0 atom stereocenters. The van der Waals surface area contributed by atoms with E-state index in [0.717, 1.165) is 11.3 Å². The number of benzene rings is 1. The maximum Gasteiger partial charge on any atom is 0.211 e. The molecule has 108 valence electrons. The number of rotatable bonds is 4. The number of hydrogen-bond donors (Lipinski definition) is 0. The molecule has 0 aliphatic carbocycles. The predicted molar refractivity (Wildman–Crippen MR) is 81.7 cm³/mol. The summed E-state index contributed by atoms with van der Waals surface area (Å²) < 4.78 is 1.53. The third-order valence-corrected chi connectivity index (χ3v) is 2.86. The van der Waals surface area contributed by atoms with Gasteiger partial charge in [-0.2, -0.15) is 5.10 Å². The minimum Gasteiger partial charge on any atom is -0.383 e. The van der Waals surface area contributed by atoms with Gasteiger partial charge in [0.25, 0.3) is 0 Å². The number of hydrogen-bond acceptors (Lipinski definition) is 4. The molecule has 2 rings (SSSR count). The second kappa shape index (κ2) is 6.17. The Kier molecular flexibility index (Phi) is 4.33. The SMILES string of the molecule is Cc1ccc(-n2ccc(=O)c(C(=O)/C=C/N(C)C)n2)cc1. The predicted octanol–water partition coefficient (Wildman–Crippen LogP) is 1.80. The van der Waals surface area contributed by atoms with Crippen LogP contribution in [0.4, 0.5) is 0 Å². The Morgan fingerprint density at radius 3 is 2.48 bits per heavy atom. The van der Waals surface area contributed by atoms with Crippen molar-refractivity contribution in [3.05, 3.63) is 70.3 Å². The highest BCUT2D eigenvalue weighted by molar-refractivity contribution is 6.02. The molecule has 5 heteroatoms. The molecule has 0 saturated heterocycles. The quantitative estimate of drug-likeness (QED) is 0.634. The van der Waals surface area contributed by atoms with E-state index in [1.165, 1.54) is 16.8 Å². The first-order valence-corrected chi connectivity index (χ1v) is 6.53. The molecular formula is C16H17N3O2. The standard InChI is InChI=1S/C16H17N3O2/c1-12-4-6-13(7-5-12)19-11-9-15(21)16(17-19)14(20)8-10-18(2)3/h4-11H,1-3H3/b10-8+. The van der Waals surface area contributed by atoms with E-state index >= 15 is 0 Å². The van der Waals surface area contributed by atoms with E-state index in [1.54, 1.807) is 31.4 Å². The second-order valence-electron chi connectivity index (χ2n) is 4.95. The van der Waals surface area contributed by atoms with Gasteiger partial charge in [-0.3, -0.25) is 9.59 Å². The number of allylic oxidation sites excluding steroid dienone is 1. The van der Waals surface area contributed by atoms with Crippen LogP contribution in [0.25, 0.3) is 5.69 Å². The van der Waals surface area contributed by atoms with Crippen LogP contribution in [0.3, 0.4) is 0 Å². The van der Waals surface area contributed by atoms with Crippen molar-refractivity contribution in [2.45, 2.75) is 6.92 Å². The average Bonchev–Trinajstić information content (AvgIpc) is 2.46. The maximum absolute atomic E-state index is 12.0. The summed E-state index contributed by atoms with van der Waals surface area (Å²) in [5.74, 6) is -0.407. The molecule has 0 radical (unpaired) electrons. The molecular weight excluding hydrogens is 266 g/mol. The number of nitrogens with zero attached hydrogens (tertiary/aromatic N) is 3. The molecule has 0 fully saturated rings. The highest BCUT2D eigenvalue weighted by Gasteiger charge is 2.10. The van der Waals surface area contributed by atoms with Crippen molar-refractivity contribution in [1.82, 2.24) is 14.7 Å². The van der Waals surface area contributed by atoms with E-state index in [9.17, 15) is 9.59 Å². The molecule has 5 nitrogen and oxygen atoms in total. The molecule has 0 aliphatic heterocycles. The molecule has 0 unspecified atom stereocenters. The normalized spacial score (nSPS) is 10.8. The summed E-state index contributed by atoms with van der Waals surface area (Å²) in [7, 11) is 3.60. The zero-order chi connectivity index (χ0) is 15.4. The van der Waals surface area contributed by atoms with Crippen molar-refractivity contribution in [3.63, 3.8) is 0 Å². The Labute approximate surface area is 123 Å². The highest BCUT2D eigenvalue weighted by atomic mass is 16.1. The number of carbonyl (C=O) groups excluding carboxylic acids is 1. The van der Waals surface area contributed by atoms with Crippen LogP contribution in [-0.2, 0) is 0 Å². The highest BCUT2D eigenvalue weighted by Crippen LogP contribution is 2.07. The van der Waals surface area contributed by atoms with Crippen molar-refractivity contribution in [2.75, 3.05) is 14.1 Å². The van der Waals surface area contributed by atoms with Gasteiger partial charge in [-0.1, -0.05) is 17.7 Å². The lowest BCUT2D eigenvalue weighted by atomic mass is 10.2. The lowest BCUT2D eigenvalue weighted by Crippen LogP contribution is -2.20. The van der Waals surface area contributed by atoms with Gasteiger partial charge in [0.05, 0.1) is 5.69 Å². The number of aryl methyl sites for hydroxylation is 1. The Morgan fingerprint density at radius 1 is 1.19 bits per heavy atom. The van der Waals surface area contributed by atoms with Gasteiger partial charge in [-0.25, -0.2) is 4.68 Å². The van der Waals surface area contributed by atoms with E-state index in [2.05, 4.69) is 5.10 Å². The van der Waals surface area contributed by atoms with Crippen LogP contribution in [-0.4, -0.2) is 34.6 Å². The summed E-state index contributed by atoms with van der Waals surface area (Å²) in [4.78, 5) is 25.5. The average molecular weight is 283 g/mol. The van der Waals surface area contributed by atoms with Gasteiger partial charge in [-0.05, 0) is 19.1 Å². The number of aromatic nitrogens is 2. The van der Waals surface area contributed by atoms with Crippen LogP contribution in [0.15, 0.2) is 53.6 Å². The van der Waals surface area contributed by atoms with E-state index < -0.39 is 5.78 Å². The molecule has 0 spiro atoms. The minimum absolute atomic E-state index is 0.0869. The van der Waals surface area contributed by atoms with Crippen LogP contribution in [0.5, 0.6) is 0 Å². The van der Waals surface area contributed by atoms with Crippen LogP contribution < -0.4 is 5.43 Å². The largest absolute Gasteiger partial charge is 0.383 e. The van der Waals surface area contributed by atoms with Gasteiger partial charge in [0.2, 0.25) is 11.2 Å². The molecule has 0 saturated carbocycles. The summed E-state index contributed by atoms with van der Waals surface area (Å²) in [5, 5.41) is 4.13. The fraction of sp³-hybridized carbons (Fsp3) is 0.188. The van der Waals surface area contributed by atoms with Gasteiger partial charge in [0.15, 0.2) is 5.69 Å². The monoisotopic (exact) mass is 283 g/mol. The van der Waals surface area contributed by atoms with E-state index in [-0.39, 0.29) is 11.1 Å². The van der Waals surface area contributed by atoms with Crippen LogP contribution in [0.1, 0.15) is 16.1 Å². The van der Waals surface area contributed by atoms with Gasteiger partial charge < -0.3 is 4.90 Å². The summed E-state index contributed by atoms with van der Waals surface area (Å²) in [6.07, 6.45) is 4.48. The summed E-state index contributed by atoms with van der Waals surface area (Å²) >= 11 is 0. The van der Waals surface area contributed by atoms with E-state index in [1.807, 2.05) is 31.2 Å². The maximum atomic E-state index is 12.0. The first-order chi connectivity index (χ1) is 9.97. The zero-order valence-electron chi connectivity index (χ0n) is 12.3. The fourth-order valence-electron chi connectivity index (χ4n) is 1.72. The Balaban J connectivity index is 2.40. The van der Waals surface area contributed by atoms with Crippen LogP contribution >= 0.6 is 0 Å². The number of ketones is 1. The first kappa shape index (κ1) is 14.7. The van der Waals surface area contributed by atoms with Crippen LogP contribution in [0.2, 0.25) is 0 Å². The molecule has 0 bridgehead atoms. The third kappa shape index (κ3) is 3.66. The third-order valence-electron chi connectivity index (χ3n) is 2.86. The topological polar surface area (TPSA) is 55.2 Å². The second-order valence-corrected chi connectivity index (χ2v) is 4.95. The van der Waals surface area contributed by atoms with Gasteiger partial charge in [0.1, 0.15) is 0 Å². The van der Waals surface area contributed by atoms with Crippen LogP contribution in [0, 0.1) is 6.92 Å². The lowest BCUT2D eigenvalue weighted by molar-refractivity contribution is 0.103. The molecule has 2 aromatic rings. The summed E-state index contributed by atoms with van der Waals surface area (Å²) in [6, 6.07) is 9.02. The van der Waals surface area contributed by atoms with Gasteiger partial charge >= 0.3 is 0 Å². The first-order valence-electron chi connectivity index (χ1n) is 6.53. The Morgan fingerprint density at radius 2 is 1.86 bits per heavy atom. The van der Waals surface area contributed by atoms with Crippen molar-refractivity contribution < 1.29 is 4.79 Å². The number of carbonyl (C=O) groups is 1. The van der Waals surface area contributed by atoms with Gasteiger partial charge in [0, 0.05) is 38.6 Å². The van der Waals surface area contributed by atoms with Crippen molar-refractivity contribution in [1.29, 1.82) is 0 Å². The molecule has 1 aromatic carbocycles. The molecule has 0 aliphatic rings. The molecule has 21 heavy (non-hydrogen) atoms. The Bertz CT molecular complexity index is 728. The fourth-order valence-corrected chi connectivity index (χ4v) is 1.72. The minimum atomic E-state index is -0.407.